The van der Waals surface area contributed by atoms with E-state index in [9.17, 15) is 9.90 Å². The van der Waals surface area contributed by atoms with Crippen LogP contribution < -0.4 is 10.1 Å². The van der Waals surface area contributed by atoms with Gasteiger partial charge in [-0.2, -0.15) is 0 Å². The molecule has 0 bridgehead atoms. The summed E-state index contributed by atoms with van der Waals surface area (Å²) in [7, 11) is 0. The molecule has 0 spiro atoms. The second-order valence-corrected chi connectivity index (χ2v) is 6.49. The monoisotopic (exact) mass is 349 g/mol. The summed E-state index contributed by atoms with van der Waals surface area (Å²) in [4.78, 5) is 16.5. The maximum atomic E-state index is 12.4. The van der Waals surface area contributed by atoms with Gasteiger partial charge in [-0.25, -0.2) is 0 Å². The zero-order valence-corrected chi connectivity index (χ0v) is 14.5. The van der Waals surface area contributed by atoms with Crippen molar-refractivity contribution in [2.75, 3.05) is 59.1 Å². The maximum Gasteiger partial charge on any atom is 0.242 e. The molecule has 2 atom stereocenters. The van der Waals surface area contributed by atoms with Crippen LogP contribution in [0, 0.1) is 0 Å². The van der Waals surface area contributed by atoms with Crippen molar-refractivity contribution in [2.45, 2.75) is 12.1 Å². The number of carbonyl (C=O) groups is 1. The summed E-state index contributed by atoms with van der Waals surface area (Å²) < 4.78 is 10.9. The molecule has 3 rings (SSSR count). The quantitative estimate of drug-likeness (QED) is 0.725. The van der Waals surface area contributed by atoms with Crippen LogP contribution in [0.25, 0.3) is 0 Å². The summed E-state index contributed by atoms with van der Waals surface area (Å²) in [6.45, 7) is 5.57. The Kier molecular flexibility index (Phi) is 6.63. The second kappa shape index (κ2) is 9.15. The highest BCUT2D eigenvalue weighted by Gasteiger charge is 2.29. The third-order valence-electron chi connectivity index (χ3n) is 4.56. The van der Waals surface area contributed by atoms with E-state index in [1.165, 1.54) is 0 Å². The number of benzene rings is 1. The first-order chi connectivity index (χ1) is 12.2. The van der Waals surface area contributed by atoms with Gasteiger partial charge in [0, 0.05) is 39.3 Å². The fraction of sp³-hybridized carbons (Fsp3) is 0.611. The van der Waals surface area contributed by atoms with Gasteiger partial charge in [0.1, 0.15) is 24.5 Å². The van der Waals surface area contributed by atoms with Crippen molar-refractivity contribution in [3.05, 3.63) is 30.3 Å². The first-order valence-corrected chi connectivity index (χ1v) is 8.90. The van der Waals surface area contributed by atoms with E-state index in [0.717, 1.165) is 25.4 Å². The number of nitrogens with one attached hydrogen (secondary N) is 1. The van der Waals surface area contributed by atoms with Crippen molar-refractivity contribution in [1.29, 1.82) is 0 Å². The van der Waals surface area contributed by atoms with Gasteiger partial charge in [0.15, 0.2) is 0 Å². The first-order valence-electron chi connectivity index (χ1n) is 8.90. The molecule has 25 heavy (non-hydrogen) atoms. The third-order valence-corrected chi connectivity index (χ3v) is 4.56. The van der Waals surface area contributed by atoms with Gasteiger partial charge in [0.2, 0.25) is 5.91 Å². The molecule has 2 aliphatic rings. The molecule has 2 heterocycles. The number of β-amino-alcohol motifs (C(OH)–C–C–N with tert-alkyl or cyclic N) is 1. The number of morpholine rings is 1. The van der Waals surface area contributed by atoms with Crippen molar-refractivity contribution < 1.29 is 19.4 Å². The highest BCUT2D eigenvalue weighted by molar-refractivity contribution is 5.82. The lowest BCUT2D eigenvalue weighted by atomic mass is 10.2. The molecule has 0 saturated carbocycles. The predicted octanol–water partition coefficient (Wildman–Crippen LogP) is -0.441. The molecule has 0 aliphatic carbocycles. The summed E-state index contributed by atoms with van der Waals surface area (Å²) in [5.41, 5.74) is 0. The minimum absolute atomic E-state index is 0.118. The van der Waals surface area contributed by atoms with E-state index in [-0.39, 0.29) is 18.6 Å². The lowest BCUT2D eigenvalue weighted by molar-refractivity contribution is -0.138. The molecule has 2 saturated heterocycles. The molecule has 1 aromatic carbocycles. The lowest BCUT2D eigenvalue weighted by Crippen LogP contribution is -2.57. The highest BCUT2D eigenvalue weighted by atomic mass is 16.5. The normalized spacial score (nSPS) is 23.2. The first kappa shape index (κ1) is 18.1. The Morgan fingerprint density at radius 3 is 2.72 bits per heavy atom. The molecule has 2 fully saturated rings. The van der Waals surface area contributed by atoms with Crippen LogP contribution in [-0.2, 0) is 9.53 Å². The average Bonchev–Trinajstić information content (AvgIpc) is 2.68. The Morgan fingerprint density at radius 2 is 2.04 bits per heavy atom. The van der Waals surface area contributed by atoms with Crippen LogP contribution in [0.4, 0.5) is 0 Å². The summed E-state index contributed by atoms with van der Waals surface area (Å²) in [6.07, 6.45) is -0.545. The molecule has 2 unspecified atom stereocenters. The van der Waals surface area contributed by atoms with Crippen LogP contribution in [-0.4, -0.2) is 92.0 Å². The van der Waals surface area contributed by atoms with E-state index >= 15 is 0 Å². The Bertz CT molecular complexity index is 528. The van der Waals surface area contributed by atoms with Gasteiger partial charge in [-0.3, -0.25) is 9.69 Å². The van der Waals surface area contributed by atoms with Crippen molar-refractivity contribution in [2.24, 2.45) is 0 Å². The summed E-state index contributed by atoms with van der Waals surface area (Å²) in [5, 5.41) is 13.4. The number of piperazine rings is 1. The minimum atomic E-state index is -0.545. The zero-order valence-electron chi connectivity index (χ0n) is 14.5. The number of rotatable bonds is 6. The van der Waals surface area contributed by atoms with E-state index in [4.69, 9.17) is 9.47 Å². The van der Waals surface area contributed by atoms with Crippen LogP contribution >= 0.6 is 0 Å². The molecule has 2 aliphatic heterocycles. The van der Waals surface area contributed by atoms with Gasteiger partial charge in [0.25, 0.3) is 0 Å². The fourth-order valence-electron chi connectivity index (χ4n) is 3.16. The van der Waals surface area contributed by atoms with Crippen LogP contribution in [0.15, 0.2) is 30.3 Å². The SMILES string of the molecule is O=C(C1COCCN1)N1CCN(CC(O)COc2ccccc2)CC1. The average molecular weight is 349 g/mol. The highest BCUT2D eigenvalue weighted by Crippen LogP contribution is 2.10. The van der Waals surface area contributed by atoms with Crippen molar-refractivity contribution in [3.8, 4) is 5.75 Å². The summed E-state index contributed by atoms with van der Waals surface area (Å²) >= 11 is 0. The Hall–Kier alpha value is -1.67. The molecule has 1 amide bonds. The number of hydrogen-bond donors (Lipinski definition) is 2. The molecule has 1 aromatic rings. The van der Waals surface area contributed by atoms with Crippen LogP contribution in [0.2, 0.25) is 0 Å². The van der Waals surface area contributed by atoms with Gasteiger partial charge in [-0.05, 0) is 12.1 Å². The number of nitrogens with zero attached hydrogens (tertiary/aromatic N) is 2. The summed E-state index contributed by atoms with van der Waals surface area (Å²) in [6, 6.07) is 9.28. The number of para-hydroxylation sites is 1. The lowest BCUT2D eigenvalue weighted by Gasteiger charge is -2.37. The standard InChI is InChI=1S/C18H27N3O4/c22-15(13-25-16-4-2-1-3-5-16)12-20-7-9-21(10-8-20)18(23)17-14-24-11-6-19-17/h1-5,15,17,19,22H,6-14H2. The van der Waals surface area contributed by atoms with Gasteiger partial charge >= 0.3 is 0 Å². The fourth-order valence-corrected chi connectivity index (χ4v) is 3.16. The molecular weight excluding hydrogens is 322 g/mol. The molecule has 0 radical (unpaired) electrons. The smallest absolute Gasteiger partial charge is 0.242 e. The van der Waals surface area contributed by atoms with Crippen molar-refractivity contribution >= 4 is 5.91 Å². The molecule has 0 aromatic heterocycles. The number of carbonyl (C=O) groups excluding carboxylic acids is 1. The minimum Gasteiger partial charge on any atom is -0.491 e. The van der Waals surface area contributed by atoms with E-state index in [1.807, 2.05) is 35.2 Å². The number of amides is 1. The maximum absolute atomic E-state index is 12.4. The molecule has 7 heteroatoms. The number of aliphatic hydroxyl groups is 1. The van der Waals surface area contributed by atoms with Gasteiger partial charge < -0.3 is 24.8 Å². The predicted molar refractivity (Wildman–Crippen MR) is 93.6 cm³/mol. The van der Waals surface area contributed by atoms with E-state index in [2.05, 4.69) is 10.2 Å². The van der Waals surface area contributed by atoms with Crippen LogP contribution in [0.1, 0.15) is 0 Å². The Morgan fingerprint density at radius 1 is 1.28 bits per heavy atom. The molecule has 7 nitrogen and oxygen atoms in total. The second-order valence-electron chi connectivity index (χ2n) is 6.49. The topological polar surface area (TPSA) is 74.3 Å². The van der Waals surface area contributed by atoms with Gasteiger partial charge in [0.05, 0.1) is 13.2 Å². The number of aliphatic hydroxyl groups excluding tert-OH is 1. The third kappa shape index (κ3) is 5.40. The zero-order chi connectivity index (χ0) is 17.5. The van der Waals surface area contributed by atoms with E-state index < -0.39 is 6.10 Å². The number of ether oxygens (including phenoxy) is 2. The van der Waals surface area contributed by atoms with E-state index in [1.54, 1.807) is 0 Å². The largest absolute Gasteiger partial charge is 0.491 e. The van der Waals surface area contributed by atoms with Crippen LogP contribution in [0.3, 0.4) is 0 Å². The van der Waals surface area contributed by atoms with Crippen molar-refractivity contribution in [1.82, 2.24) is 15.1 Å². The molecule has 138 valence electrons. The Balaban J connectivity index is 1.36. The van der Waals surface area contributed by atoms with Crippen molar-refractivity contribution in [3.63, 3.8) is 0 Å². The van der Waals surface area contributed by atoms with Crippen LogP contribution in [0.5, 0.6) is 5.75 Å². The summed E-state index contributed by atoms with van der Waals surface area (Å²) in [5.74, 6) is 0.881. The number of hydrogen-bond acceptors (Lipinski definition) is 6. The Labute approximate surface area is 148 Å². The van der Waals surface area contributed by atoms with Gasteiger partial charge in [-0.1, -0.05) is 18.2 Å². The molecule has 2 N–H and O–H groups in total. The van der Waals surface area contributed by atoms with E-state index in [0.29, 0.717) is 32.8 Å². The van der Waals surface area contributed by atoms with Gasteiger partial charge in [-0.15, -0.1) is 0 Å². The molecular formula is C18H27N3O4.